The summed E-state index contributed by atoms with van der Waals surface area (Å²) >= 11 is 0. The van der Waals surface area contributed by atoms with Crippen molar-refractivity contribution >= 4 is 131 Å². The first-order chi connectivity index (χ1) is 67.5. The number of hydrogen-bond acceptors (Lipinski definition) is 8. The lowest BCUT2D eigenvalue weighted by Crippen LogP contribution is -2.00. The molecule has 14 aromatic heterocycles. The van der Waals surface area contributed by atoms with Gasteiger partial charge in [0.05, 0.1) is 95.7 Å². The summed E-state index contributed by atoms with van der Waals surface area (Å²) in [5.74, 6) is 3.12. The molecule has 0 spiro atoms. The molecule has 0 aliphatic rings. The minimum Gasteiger partial charge on any atom is -0.317 e. The summed E-state index contributed by atoms with van der Waals surface area (Å²) in [6.45, 7) is 0. The van der Waals surface area contributed by atoms with Gasteiger partial charge in [-0.1, -0.05) is 200 Å². The van der Waals surface area contributed by atoms with Crippen LogP contribution in [0.1, 0.15) is 0 Å². The second kappa shape index (κ2) is 33.9. The molecular formula is C120H80N16. The van der Waals surface area contributed by atoms with Crippen LogP contribution in [0.15, 0.2) is 487 Å². The van der Waals surface area contributed by atoms with Gasteiger partial charge in [0.1, 0.15) is 11.6 Å². The quantitative estimate of drug-likeness (QED) is 0.118. The van der Waals surface area contributed by atoms with Gasteiger partial charge in [-0.05, 0) is 212 Å². The first-order valence-corrected chi connectivity index (χ1v) is 45.4. The van der Waals surface area contributed by atoms with E-state index >= 15 is 0 Å². The second-order valence-corrected chi connectivity index (χ2v) is 33.7. The van der Waals surface area contributed by atoms with Crippen molar-refractivity contribution in [3.05, 3.63) is 487 Å². The molecule has 0 N–H and O–H groups in total. The maximum atomic E-state index is 5.04. The standard InChI is InChI=1S/C31H21N3.2C30H20N4.C29H19N5/c1-2-8-24(9-3-1)33-19-17-23-20-31-27(21-30(23)33)26-10-4-5-12-29(26)34(31)25-15-13-22(14-16-25)28-11-6-7-18-32-28;1-3-9-21(10-4-1)30-31-19-24(20-32-30)34-27-14-8-7-13-25(27)26-18-28-22(17-29(26)34)15-16-33(28)23-11-5-2-6-12-23;1-2-9-23(10-3-1)33-17-15-21-18-29-25(19-28(21)33)24-11-4-5-13-27(24)34(29)30-14-6-12-26(32-30)22-8-7-16-31-20-22;1-2-8-22(9-3-1)33-16-13-20-17-27-24(18-26(20)33)23-10-4-5-11-25(23)34(27)28-12-15-31-29(32-28)21-7-6-14-30-19-21/h1-21H;2*1-20H;1-19H. The molecule has 0 fully saturated rings. The maximum absolute atomic E-state index is 5.04. The zero-order valence-corrected chi connectivity index (χ0v) is 73.3. The Hall–Kier alpha value is -18.8. The van der Waals surface area contributed by atoms with Crippen molar-refractivity contribution in [3.63, 3.8) is 0 Å². The van der Waals surface area contributed by atoms with Crippen LogP contribution in [0.25, 0.3) is 222 Å². The van der Waals surface area contributed by atoms with Gasteiger partial charge in [-0.25, -0.2) is 24.9 Å². The molecule has 16 heteroatoms. The van der Waals surface area contributed by atoms with Gasteiger partial charge in [0.2, 0.25) is 0 Å². The molecule has 0 radical (unpaired) electrons. The van der Waals surface area contributed by atoms with E-state index in [-0.39, 0.29) is 0 Å². The van der Waals surface area contributed by atoms with Crippen molar-refractivity contribution in [3.8, 4) is 91.1 Å². The largest absolute Gasteiger partial charge is 0.317 e. The molecule has 0 aliphatic carbocycles. The first-order valence-electron chi connectivity index (χ1n) is 45.4. The highest BCUT2D eigenvalue weighted by Crippen LogP contribution is 2.43. The van der Waals surface area contributed by atoms with Gasteiger partial charge in [-0.2, -0.15) is 0 Å². The molecule has 0 amide bonds. The number of hydrogen-bond donors (Lipinski definition) is 0. The van der Waals surface area contributed by atoms with E-state index in [1.165, 1.54) is 103 Å². The van der Waals surface area contributed by atoms with Gasteiger partial charge in [0.25, 0.3) is 0 Å². The van der Waals surface area contributed by atoms with Crippen LogP contribution in [-0.2, 0) is 0 Å². The number of benzene rings is 14. The van der Waals surface area contributed by atoms with E-state index in [4.69, 9.17) is 9.97 Å². The summed E-state index contributed by atoms with van der Waals surface area (Å²) in [5, 5.41) is 14.6. The first kappa shape index (κ1) is 79.4. The van der Waals surface area contributed by atoms with Gasteiger partial charge >= 0.3 is 0 Å². The van der Waals surface area contributed by atoms with Crippen LogP contribution in [0.3, 0.4) is 0 Å². The third-order valence-corrected chi connectivity index (χ3v) is 25.8. The number of fused-ring (bicyclic) bond motifs is 16. The number of pyridine rings is 4. The van der Waals surface area contributed by atoms with E-state index in [9.17, 15) is 0 Å². The average molecular weight is 1750 g/mol. The molecule has 640 valence electrons. The van der Waals surface area contributed by atoms with Crippen LogP contribution < -0.4 is 0 Å². The highest BCUT2D eigenvalue weighted by Gasteiger charge is 2.23. The van der Waals surface area contributed by atoms with E-state index in [0.717, 1.165) is 113 Å². The van der Waals surface area contributed by atoms with Crippen LogP contribution in [0.2, 0.25) is 0 Å². The SMILES string of the molecule is c1ccc(-c2ncc(-n3c4ccccc4c4cc5c(ccn5-c5ccccc5)cc43)cn2)cc1.c1ccc(-n2ccc3cc4c(cc32)c2ccccc2n4-c2ccc(-c3ccccn3)cc2)cc1.c1ccc(-n2ccc3cc4c(cc32)c2ccccc2n4-c2cccc(-c3cccnc3)n2)cc1.c1ccc(-n2ccc3cc4c(cc32)c2ccccc2n4-c2ccnc(-c3cccnc3)n2)cc1. The zero-order chi connectivity index (χ0) is 89.9. The molecule has 0 unspecified atom stereocenters. The highest BCUT2D eigenvalue weighted by atomic mass is 15.1. The Kier molecular flexibility index (Phi) is 19.8. The molecule has 0 atom stereocenters. The molecular weight excluding hydrogens is 1670 g/mol. The minimum atomic E-state index is 0.660. The Balaban J connectivity index is 0.0000000965. The summed E-state index contributed by atoms with van der Waals surface area (Å²) < 4.78 is 18.1. The van der Waals surface area contributed by atoms with Crippen molar-refractivity contribution in [1.82, 2.24) is 76.4 Å². The van der Waals surface area contributed by atoms with Crippen LogP contribution in [0.5, 0.6) is 0 Å². The number of para-hydroxylation sites is 8. The van der Waals surface area contributed by atoms with Gasteiger partial charge in [0.15, 0.2) is 11.6 Å². The van der Waals surface area contributed by atoms with Crippen LogP contribution in [0.4, 0.5) is 0 Å². The van der Waals surface area contributed by atoms with Crippen LogP contribution in [0, 0.1) is 0 Å². The van der Waals surface area contributed by atoms with Crippen molar-refractivity contribution in [2.24, 2.45) is 0 Å². The third kappa shape index (κ3) is 14.2. The van der Waals surface area contributed by atoms with Crippen LogP contribution in [-0.4, -0.2) is 76.4 Å². The molecule has 28 rings (SSSR count). The fraction of sp³-hybridized carbons (Fsp3) is 0. The van der Waals surface area contributed by atoms with E-state index in [0.29, 0.717) is 5.82 Å². The van der Waals surface area contributed by atoms with Crippen molar-refractivity contribution < 1.29 is 0 Å². The predicted octanol–water partition coefficient (Wildman–Crippen LogP) is 28.7. The van der Waals surface area contributed by atoms with E-state index in [1.54, 1.807) is 18.6 Å². The molecule has 0 bridgehead atoms. The lowest BCUT2D eigenvalue weighted by Gasteiger charge is -2.10. The molecule has 0 saturated heterocycles. The molecule has 14 heterocycles. The molecule has 0 saturated carbocycles. The predicted molar refractivity (Wildman–Crippen MR) is 555 cm³/mol. The van der Waals surface area contributed by atoms with Crippen molar-refractivity contribution in [2.45, 2.75) is 0 Å². The lowest BCUT2D eigenvalue weighted by molar-refractivity contribution is 1.04. The smallest absolute Gasteiger partial charge is 0.163 e. The van der Waals surface area contributed by atoms with Gasteiger partial charge in [0, 0.05) is 177 Å². The topological polar surface area (TPSA) is 143 Å². The monoisotopic (exact) mass is 1740 g/mol. The Morgan fingerprint density at radius 1 is 0.169 bits per heavy atom. The average Bonchev–Trinajstić information content (AvgIpc) is 1.57. The van der Waals surface area contributed by atoms with Gasteiger partial charge in [-0.3, -0.25) is 24.1 Å². The Morgan fingerprint density at radius 2 is 0.537 bits per heavy atom. The molecule has 28 aromatic rings. The van der Waals surface area contributed by atoms with Gasteiger partial charge < -0.3 is 27.4 Å². The third-order valence-electron chi connectivity index (χ3n) is 25.8. The fourth-order valence-electron chi connectivity index (χ4n) is 19.5. The summed E-state index contributed by atoms with van der Waals surface area (Å²) in [7, 11) is 0. The number of aromatic nitrogens is 16. The van der Waals surface area contributed by atoms with Crippen molar-refractivity contribution in [2.75, 3.05) is 0 Å². The second-order valence-electron chi connectivity index (χ2n) is 33.7. The van der Waals surface area contributed by atoms with Crippen LogP contribution >= 0.6 is 0 Å². The summed E-state index contributed by atoms with van der Waals surface area (Å²) in [5.41, 5.74) is 26.7. The highest BCUT2D eigenvalue weighted by molar-refractivity contribution is 6.17. The Morgan fingerprint density at radius 3 is 0.956 bits per heavy atom. The summed E-state index contributed by atoms with van der Waals surface area (Å²) in [6, 6.07) is 144. The Bertz CT molecular complexity index is 8770. The Labute approximate surface area is 780 Å². The normalized spacial score (nSPS) is 11.5. The number of nitrogens with zero attached hydrogens (tertiary/aromatic N) is 16. The molecule has 136 heavy (non-hydrogen) atoms. The molecule has 14 aromatic carbocycles. The molecule has 0 aliphatic heterocycles. The zero-order valence-electron chi connectivity index (χ0n) is 73.3. The van der Waals surface area contributed by atoms with Crippen molar-refractivity contribution in [1.29, 1.82) is 0 Å². The minimum absolute atomic E-state index is 0.660. The fourth-order valence-corrected chi connectivity index (χ4v) is 19.5. The van der Waals surface area contributed by atoms with E-state index in [2.05, 4.69) is 401 Å². The lowest BCUT2D eigenvalue weighted by atomic mass is 10.1. The summed E-state index contributed by atoms with van der Waals surface area (Å²) in [4.78, 5) is 36.8. The van der Waals surface area contributed by atoms with Gasteiger partial charge in [-0.15, -0.1) is 0 Å². The van der Waals surface area contributed by atoms with E-state index < -0.39 is 0 Å². The molecule has 16 nitrogen and oxygen atoms in total. The summed E-state index contributed by atoms with van der Waals surface area (Å²) in [6.07, 6.45) is 23.3. The maximum Gasteiger partial charge on any atom is 0.163 e. The number of rotatable bonds is 12. The van der Waals surface area contributed by atoms with E-state index in [1.807, 2.05) is 134 Å².